The first-order valence-electron chi connectivity index (χ1n) is 6.20. The number of carbonyl (C=O) groups is 1. The molecule has 0 fully saturated rings. The molecule has 6 heteroatoms. The van der Waals surface area contributed by atoms with Gasteiger partial charge in [-0.2, -0.15) is 0 Å². The summed E-state index contributed by atoms with van der Waals surface area (Å²) in [6, 6.07) is 0. The Balaban J connectivity index is 2.36. The first kappa shape index (κ1) is 14.9. The van der Waals surface area contributed by atoms with Crippen LogP contribution in [0.3, 0.4) is 0 Å². The molecule has 1 unspecified atom stereocenters. The second-order valence-electron chi connectivity index (χ2n) is 4.42. The number of hydrogen-bond acceptors (Lipinski definition) is 5. The number of carbonyl (C=O) groups excluding carboxylic acids is 1. The molecular weight excluding hydrogens is 250 g/mol. The predicted octanol–water partition coefficient (Wildman–Crippen LogP) is 1.71. The molecule has 0 radical (unpaired) electrons. The summed E-state index contributed by atoms with van der Waals surface area (Å²) in [6.07, 6.45) is 0.186. The zero-order valence-electron chi connectivity index (χ0n) is 11.1. The van der Waals surface area contributed by atoms with Crippen molar-refractivity contribution in [2.75, 3.05) is 18.4 Å². The lowest BCUT2D eigenvalue weighted by Crippen LogP contribution is -2.28. The first-order chi connectivity index (χ1) is 8.54. The molecule has 1 heterocycles. The Morgan fingerprint density at radius 1 is 1.56 bits per heavy atom. The quantitative estimate of drug-likeness (QED) is 0.706. The summed E-state index contributed by atoms with van der Waals surface area (Å²) in [7, 11) is 0. The molecule has 1 aromatic rings. The minimum Gasteiger partial charge on any atom is -0.393 e. The van der Waals surface area contributed by atoms with Gasteiger partial charge in [0.2, 0.25) is 0 Å². The molecule has 0 spiro atoms. The second-order valence-corrected chi connectivity index (χ2v) is 5.28. The average molecular weight is 271 g/mol. The normalized spacial score (nSPS) is 12.5. The van der Waals surface area contributed by atoms with E-state index in [-0.39, 0.29) is 17.9 Å². The van der Waals surface area contributed by atoms with Gasteiger partial charge in [-0.25, -0.2) is 4.98 Å². The molecule has 0 aliphatic rings. The number of rotatable bonds is 7. The van der Waals surface area contributed by atoms with Crippen molar-refractivity contribution >= 4 is 22.4 Å². The Bertz CT molecular complexity index is 379. The standard InChI is InChI=1S/C12H21N3O2S/c1-4-13-12-15-9(7-18-12)11(17)14-6-5-10(16)8(2)3/h7-8,10,16H,4-6H2,1-3H3,(H,13,15)(H,14,17). The second kappa shape index (κ2) is 7.33. The van der Waals surface area contributed by atoms with Crippen LogP contribution < -0.4 is 10.6 Å². The van der Waals surface area contributed by atoms with Crippen molar-refractivity contribution in [3.63, 3.8) is 0 Å². The van der Waals surface area contributed by atoms with Crippen molar-refractivity contribution in [2.24, 2.45) is 5.92 Å². The van der Waals surface area contributed by atoms with Crippen molar-refractivity contribution in [1.29, 1.82) is 0 Å². The molecule has 0 saturated heterocycles. The van der Waals surface area contributed by atoms with Crippen LogP contribution in [0.25, 0.3) is 0 Å². The van der Waals surface area contributed by atoms with Gasteiger partial charge in [0, 0.05) is 18.5 Å². The highest BCUT2D eigenvalue weighted by molar-refractivity contribution is 7.13. The highest BCUT2D eigenvalue weighted by atomic mass is 32.1. The summed E-state index contributed by atoms with van der Waals surface area (Å²) in [6.45, 7) is 7.14. The first-order valence-corrected chi connectivity index (χ1v) is 7.08. The lowest BCUT2D eigenvalue weighted by Gasteiger charge is -2.13. The Morgan fingerprint density at radius 3 is 2.89 bits per heavy atom. The molecular formula is C12H21N3O2S. The molecule has 102 valence electrons. The van der Waals surface area contributed by atoms with Crippen LogP contribution in [0.15, 0.2) is 5.38 Å². The minimum absolute atomic E-state index is 0.189. The lowest BCUT2D eigenvalue weighted by atomic mass is 10.0. The minimum atomic E-state index is -0.377. The molecule has 1 atom stereocenters. The van der Waals surface area contributed by atoms with Crippen molar-refractivity contribution in [3.05, 3.63) is 11.1 Å². The zero-order chi connectivity index (χ0) is 13.5. The van der Waals surface area contributed by atoms with Crippen LogP contribution in [0.2, 0.25) is 0 Å². The molecule has 1 amide bonds. The summed E-state index contributed by atoms with van der Waals surface area (Å²) in [5.74, 6) is 0.0212. The van der Waals surface area contributed by atoms with Crippen LogP contribution >= 0.6 is 11.3 Å². The lowest BCUT2D eigenvalue weighted by molar-refractivity contribution is 0.0916. The molecule has 0 saturated carbocycles. The average Bonchev–Trinajstić information content (AvgIpc) is 2.77. The van der Waals surface area contributed by atoms with Crippen LogP contribution in [0.5, 0.6) is 0 Å². The number of hydrogen-bond donors (Lipinski definition) is 3. The van der Waals surface area contributed by atoms with Crippen LogP contribution in [-0.4, -0.2) is 35.2 Å². The summed E-state index contributed by atoms with van der Waals surface area (Å²) < 4.78 is 0. The third-order valence-corrected chi connectivity index (χ3v) is 3.36. The fourth-order valence-corrected chi connectivity index (χ4v) is 2.13. The van der Waals surface area contributed by atoms with Gasteiger partial charge < -0.3 is 15.7 Å². The molecule has 18 heavy (non-hydrogen) atoms. The molecule has 0 aliphatic heterocycles. The van der Waals surface area contributed by atoms with E-state index < -0.39 is 0 Å². The number of thiazole rings is 1. The predicted molar refractivity (Wildman–Crippen MR) is 74.1 cm³/mol. The fraction of sp³-hybridized carbons (Fsp3) is 0.667. The molecule has 0 bridgehead atoms. The van der Waals surface area contributed by atoms with Crippen molar-refractivity contribution in [3.8, 4) is 0 Å². The number of aromatic nitrogens is 1. The van der Waals surface area contributed by atoms with E-state index >= 15 is 0 Å². The van der Waals surface area contributed by atoms with Gasteiger partial charge in [-0.3, -0.25) is 4.79 Å². The van der Waals surface area contributed by atoms with E-state index in [2.05, 4.69) is 15.6 Å². The van der Waals surface area contributed by atoms with Crippen molar-refractivity contribution in [2.45, 2.75) is 33.3 Å². The van der Waals surface area contributed by atoms with Gasteiger partial charge in [0.05, 0.1) is 6.10 Å². The number of nitrogens with zero attached hydrogens (tertiary/aromatic N) is 1. The van der Waals surface area contributed by atoms with Crippen LogP contribution in [0.4, 0.5) is 5.13 Å². The Morgan fingerprint density at radius 2 is 2.28 bits per heavy atom. The summed E-state index contributed by atoms with van der Waals surface area (Å²) in [4.78, 5) is 15.9. The van der Waals surface area contributed by atoms with Gasteiger partial charge in [-0.05, 0) is 19.3 Å². The Hall–Kier alpha value is -1.14. The SMILES string of the molecule is CCNc1nc(C(=O)NCCC(O)C(C)C)cs1. The third-order valence-electron chi connectivity index (χ3n) is 2.56. The van der Waals surface area contributed by atoms with Crippen LogP contribution in [0, 0.1) is 5.92 Å². The highest BCUT2D eigenvalue weighted by Gasteiger charge is 2.12. The van der Waals surface area contributed by atoms with E-state index in [1.807, 2.05) is 20.8 Å². The highest BCUT2D eigenvalue weighted by Crippen LogP contribution is 2.14. The zero-order valence-corrected chi connectivity index (χ0v) is 11.9. The van der Waals surface area contributed by atoms with Gasteiger partial charge >= 0.3 is 0 Å². The summed E-state index contributed by atoms with van der Waals surface area (Å²) >= 11 is 1.41. The number of amides is 1. The van der Waals surface area contributed by atoms with Crippen LogP contribution in [0.1, 0.15) is 37.7 Å². The fourth-order valence-electron chi connectivity index (χ4n) is 1.37. The van der Waals surface area contributed by atoms with Crippen molar-refractivity contribution in [1.82, 2.24) is 10.3 Å². The van der Waals surface area contributed by atoms with E-state index in [1.54, 1.807) is 5.38 Å². The van der Waals surface area contributed by atoms with E-state index in [1.165, 1.54) is 11.3 Å². The van der Waals surface area contributed by atoms with Gasteiger partial charge in [0.15, 0.2) is 5.13 Å². The number of aliphatic hydroxyl groups excluding tert-OH is 1. The molecule has 3 N–H and O–H groups in total. The topological polar surface area (TPSA) is 74.2 Å². The van der Waals surface area contributed by atoms with Gasteiger partial charge in [0.1, 0.15) is 5.69 Å². The Labute approximate surface area is 112 Å². The monoisotopic (exact) mass is 271 g/mol. The molecule has 1 rings (SSSR count). The van der Waals surface area contributed by atoms with Crippen molar-refractivity contribution < 1.29 is 9.90 Å². The maximum Gasteiger partial charge on any atom is 0.270 e. The number of anilines is 1. The molecule has 0 aliphatic carbocycles. The van der Waals surface area contributed by atoms with Gasteiger partial charge in [-0.1, -0.05) is 13.8 Å². The van der Waals surface area contributed by atoms with Gasteiger partial charge in [0.25, 0.3) is 5.91 Å². The largest absolute Gasteiger partial charge is 0.393 e. The number of aliphatic hydroxyl groups is 1. The number of nitrogens with one attached hydrogen (secondary N) is 2. The summed E-state index contributed by atoms with van der Waals surface area (Å²) in [5, 5.41) is 17.9. The van der Waals surface area contributed by atoms with E-state index in [9.17, 15) is 9.90 Å². The summed E-state index contributed by atoms with van der Waals surface area (Å²) in [5.41, 5.74) is 0.426. The molecule has 0 aromatic carbocycles. The smallest absolute Gasteiger partial charge is 0.270 e. The maximum atomic E-state index is 11.7. The van der Waals surface area contributed by atoms with Crippen LogP contribution in [-0.2, 0) is 0 Å². The maximum absolute atomic E-state index is 11.7. The Kier molecular flexibility index (Phi) is 6.07. The third kappa shape index (κ3) is 4.62. The van der Waals surface area contributed by atoms with E-state index in [0.717, 1.165) is 11.7 Å². The molecule has 5 nitrogen and oxygen atoms in total. The molecule has 1 aromatic heterocycles. The van der Waals surface area contributed by atoms with E-state index in [4.69, 9.17) is 0 Å². The van der Waals surface area contributed by atoms with E-state index in [0.29, 0.717) is 18.7 Å². The van der Waals surface area contributed by atoms with Gasteiger partial charge in [-0.15, -0.1) is 11.3 Å².